The predicted octanol–water partition coefficient (Wildman–Crippen LogP) is 2.50. The molecular weight excluding hydrogens is 209 g/mol. The van der Waals surface area contributed by atoms with Gasteiger partial charge in [-0.05, 0) is 25.0 Å². The van der Waals surface area contributed by atoms with Crippen LogP contribution in [0.4, 0.5) is 10.1 Å². The molecule has 88 valence electrons. The summed E-state index contributed by atoms with van der Waals surface area (Å²) in [6, 6.07) is 4.66. The van der Waals surface area contributed by atoms with Crippen LogP contribution >= 0.6 is 0 Å². The Labute approximate surface area is 94.6 Å². The molecule has 4 heteroatoms. The molecule has 0 radical (unpaired) electrons. The lowest BCUT2D eigenvalue weighted by Crippen LogP contribution is -2.19. The van der Waals surface area contributed by atoms with E-state index in [0.717, 1.165) is 6.42 Å². The van der Waals surface area contributed by atoms with Gasteiger partial charge in [-0.3, -0.25) is 4.79 Å². The van der Waals surface area contributed by atoms with E-state index in [0.29, 0.717) is 12.2 Å². The summed E-state index contributed by atoms with van der Waals surface area (Å²) >= 11 is 0. The van der Waals surface area contributed by atoms with E-state index >= 15 is 0 Å². The maximum atomic E-state index is 13.3. The van der Waals surface area contributed by atoms with Crippen LogP contribution in [0, 0.1) is 12.7 Å². The van der Waals surface area contributed by atoms with Crippen LogP contribution in [-0.4, -0.2) is 19.1 Å². The second-order valence-electron chi connectivity index (χ2n) is 3.53. The van der Waals surface area contributed by atoms with Crippen LogP contribution in [0.25, 0.3) is 0 Å². The van der Waals surface area contributed by atoms with E-state index in [-0.39, 0.29) is 18.2 Å². The Kier molecular flexibility index (Phi) is 4.92. The number of halogens is 1. The van der Waals surface area contributed by atoms with Crippen molar-refractivity contribution in [1.82, 2.24) is 0 Å². The van der Waals surface area contributed by atoms with Gasteiger partial charge in [0.1, 0.15) is 12.4 Å². The van der Waals surface area contributed by atoms with Gasteiger partial charge in [-0.15, -0.1) is 0 Å². The minimum Gasteiger partial charge on any atom is -0.372 e. The molecule has 1 aromatic rings. The van der Waals surface area contributed by atoms with E-state index in [2.05, 4.69) is 5.32 Å². The molecule has 0 aromatic heterocycles. The fourth-order valence-corrected chi connectivity index (χ4v) is 1.27. The minimum absolute atomic E-state index is 0.0401. The molecule has 1 rings (SSSR count). The van der Waals surface area contributed by atoms with Crippen molar-refractivity contribution in [3.8, 4) is 0 Å². The summed E-state index contributed by atoms with van der Waals surface area (Å²) in [6.45, 7) is 4.19. The third kappa shape index (κ3) is 3.62. The zero-order chi connectivity index (χ0) is 12.0. The van der Waals surface area contributed by atoms with Crippen molar-refractivity contribution in [3.05, 3.63) is 29.6 Å². The Morgan fingerprint density at radius 2 is 2.25 bits per heavy atom. The first-order valence-electron chi connectivity index (χ1n) is 5.28. The van der Waals surface area contributed by atoms with Gasteiger partial charge in [0.2, 0.25) is 5.91 Å². The second kappa shape index (κ2) is 6.23. The van der Waals surface area contributed by atoms with Gasteiger partial charge in [-0.2, -0.15) is 0 Å². The number of nitrogens with one attached hydrogen (secondary N) is 1. The molecule has 0 saturated carbocycles. The molecule has 1 aromatic carbocycles. The highest BCUT2D eigenvalue weighted by atomic mass is 19.1. The quantitative estimate of drug-likeness (QED) is 0.782. The van der Waals surface area contributed by atoms with Crippen LogP contribution in [-0.2, 0) is 9.53 Å². The van der Waals surface area contributed by atoms with Crippen LogP contribution in [0.3, 0.4) is 0 Å². The van der Waals surface area contributed by atoms with E-state index in [1.807, 2.05) is 6.92 Å². The Morgan fingerprint density at radius 3 is 2.88 bits per heavy atom. The SMILES string of the molecule is CCCOCC(=O)Nc1c(C)cccc1F. The molecule has 0 fully saturated rings. The van der Waals surface area contributed by atoms with E-state index in [1.165, 1.54) is 6.07 Å². The van der Waals surface area contributed by atoms with Crippen molar-refractivity contribution in [1.29, 1.82) is 0 Å². The molecule has 0 saturated heterocycles. The minimum atomic E-state index is -0.427. The first-order chi connectivity index (χ1) is 7.65. The van der Waals surface area contributed by atoms with Crippen molar-refractivity contribution in [2.45, 2.75) is 20.3 Å². The zero-order valence-electron chi connectivity index (χ0n) is 9.55. The molecule has 0 aliphatic carbocycles. The lowest BCUT2D eigenvalue weighted by atomic mass is 10.2. The average molecular weight is 225 g/mol. The summed E-state index contributed by atoms with van der Waals surface area (Å²) in [5, 5.41) is 2.50. The Bertz CT molecular complexity index is 346. The first-order valence-corrected chi connectivity index (χ1v) is 5.28. The monoisotopic (exact) mass is 225 g/mol. The Hall–Kier alpha value is -1.42. The highest BCUT2D eigenvalue weighted by Gasteiger charge is 2.08. The fourth-order valence-electron chi connectivity index (χ4n) is 1.27. The highest BCUT2D eigenvalue weighted by Crippen LogP contribution is 2.18. The van der Waals surface area contributed by atoms with Crippen molar-refractivity contribution in [3.63, 3.8) is 0 Å². The number of rotatable bonds is 5. The van der Waals surface area contributed by atoms with Gasteiger partial charge < -0.3 is 10.1 Å². The number of hydrogen-bond donors (Lipinski definition) is 1. The largest absolute Gasteiger partial charge is 0.372 e. The number of amides is 1. The molecular formula is C12H16FNO2. The molecule has 0 bridgehead atoms. The van der Waals surface area contributed by atoms with Gasteiger partial charge in [0.15, 0.2) is 0 Å². The third-order valence-electron chi connectivity index (χ3n) is 2.07. The van der Waals surface area contributed by atoms with Crippen molar-refractivity contribution in [2.75, 3.05) is 18.5 Å². The van der Waals surface area contributed by atoms with Gasteiger partial charge in [0.05, 0.1) is 5.69 Å². The summed E-state index contributed by atoms with van der Waals surface area (Å²) < 4.78 is 18.4. The number of aryl methyl sites for hydroxylation is 1. The molecule has 0 heterocycles. The molecule has 1 amide bonds. The van der Waals surface area contributed by atoms with Crippen LogP contribution in [0.2, 0.25) is 0 Å². The summed E-state index contributed by atoms with van der Waals surface area (Å²) in [5.74, 6) is -0.759. The molecule has 0 unspecified atom stereocenters. The Balaban J connectivity index is 2.56. The predicted molar refractivity (Wildman–Crippen MR) is 60.9 cm³/mol. The number of hydrogen-bond acceptors (Lipinski definition) is 2. The molecule has 0 spiro atoms. The Morgan fingerprint density at radius 1 is 1.50 bits per heavy atom. The lowest BCUT2D eigenvalue weighted by Gasteiger charge is -2.09. The van der Waals surface area contributed by atoms with Gasteiger partial charge >= 0.3 is 0 Å². The maximum Gasteiger partial charge on any atom is 0.250 e. The smallest absolute Gasteiger partial charge is 0.250 e. The summed E-state index contributed by atoms with van der Waals surface area (Å²) in [4.78, 5) is 11.4. The lowest BCUT2D eigenvalue weighted by molar-refractivity contribution is -0.120. The number of anilines is 1. The summed E-state index contributed by atoms with van der Waals surface area (Å²) in [6.07, 6.45) is 0.853. The number of ether oxygens (including phenoxy) is 1. The van der Waals surface area contributed by atoms with Crippen molar-refractivity contribution < 1.29 is 13.9 Å². The van der Waals surface area contributed by atoms with E-state index in [4.69, 9.17) is 4.74 Å². The zero-order valence-corrected chi connectivity index (χ0v) is 9.55. The molecule has 0 aliphatic rings. The summed E-state index contributed by atoms with van der Waals surface area (Å²) in [7, 11) is 0. The van der Waals surface area contributed by atoms with Gasteiger partial charge in [-0.1, -0.05) is 19.1 Å². The topological polar surface area (TPSA) is 38.3 Å². The first kappa shape index (κ1) is 12.6. The van der Waals surface area contributed by atoms with Crippen molar-refractivity contribution in [2.24, 2.45) is 0 Å². The number of carbonyl (C=O) groups is 1. The van der Waals surface area contributed by atoms with E-state index in [9.17, 15) is 9.18 Å². The number of benzene rings is 1. The average Bonchev–Trinajstić information content (AvgIpc) is 2.24. The normalized spacial score (nSPS) is 10.2. The van der Waals surface area contributed by atoms with Crippen molar-refractivity contribution >= 4 is 11.6 Å². The van der Waals surface area contributed by atoms with Crippen LogP contribution in [0.5, 0.6) is 0 Å². The van der Waals surface area contributed by atoms with E-state index < -0.39 is 5.82 Å². The maximum absolute atomic E-state index is 13.3. The van der Waals surface area contributed by atoms with Gasteiger partial charge in [0, 0.05) is 6.61 Å². The van der Waals surface area contributed by atoms with Gasteiger partial charge in [0.25, 0.3) is 0 Å². The standard InChI is InChI=1S/C12H16FNO2/c1-3-7-16-8-11(15)14-12-9(2)5-4-6-10(12)13/h4-6H,3,7-8H2,1-2H3,(H,14,15). The molecule has 3 nitrogen and oxygen atoms in total. The fraction of sp³-hybridized carbons (Fsp3) is 0.417. The molecule has 0 aliphatic heterocycles. The molecule has 0 atom stereocenters. The third-order valence-corrected chi connectivity index (χ3v) is 2.07. The highest BCUT2D eigenvalue weighted by molar-refractivity contribution is 5.92. The van der Waals surface area contributed by atoms with Crippen LogP contribution in [0.15, 0.2) is 18.2 Å². The van der Waals surface area contributed by atoms with E-state index in [1.54, 1.807) is 19.1 Å². The second-order valence-corrected chi connectivity index (χ2v) is 3.53. The number of carbonyl (C=O) groups excluding carboxylic acids is 1. The number of para-hydroxylation sites is 1. The molecule has 1 N–H and O–H groups in total. The summed E-state index contributed by atoms with van der Waals surface area (Å²) in [5.41, 5.74) is 0.927. The van der Waals surface area contributed by atoms with Crippen LogP contribution in [0.1, 0.15) is 18.9 Å². The van der Waals surface area contributed by atoms with Gasteiger partial charge in [-0.25, -0.2) is 4.39 Å². The molecule has 16 heavy (non-hydrogen) atoms. The van der Waals surface area contributed by atoms with Crippen LogP contribution < -0.4 is 5.32 Å².